The van der Waals surface area contributed by atoms with Gasteiger partial charge in [-0.05, 0) is 39.5 Å². The zero-order chi connectivity index (χ0) is 12.6. The van der Waals surface area contributed by atoms with Gasteiger partial charge in [-0.25, -0.2) is 0 Å². The molecule has 3 rings (SSSR count). The first-order valence-electron chi connectivity index (χ1n) is 7.31. The third kappa shape index (κ3) is 1.90. The Morgan fingerprint density at radius 2 is 1.17 bits per heavy atom. The van der Waals surface area contributed by atoms with Gasteiger partial charge >= 0.3 is 0 Å². The number of ether oxygens (including phenoxy) is 4. The van der Waals surface area contributed by atoms with Gasteiger partial charge in [0.2, 0.25) is 11.6 Å². The quantitative estimate of drug-likeness (QED) is 0.667. The van der Waals surface area contributed by atoms with Gasteiger partial charge in [-0.3, -0.25) is 0 Å². The zero-order valence-electron chi connectivity index (χ0n) is 11.4. The van der Waals surface area contributed by atoms with E-state index < -0.39 is 11.6 Å². The van der Waals surface area contributed by atoms with Crippen LogP contribution in [-0.4, -0.2) is 37.0 Å². The van der Waals surface area contributed by atoms with E-state index in [4.69, 9.17) is 18.9 Å². The van der Waals surface area contributed by atoms with Crippen LogP contribution in [0.5, 0.6) is 0 Å². The fourth-order valence-corrected chi connectivity index (χ4v) is 3.30. The van der Waals surface area contributed by atoms with Crippen LogP contribution in [0.1, 0.15) is 52.4 Å². The highest BCUT2D eigenvalue weighted by Gasteiger charge is 2.62. The third-order valence-electron chi connectivity index (χ3n) is 4.46. The lowest BCUT2D eigenvalue weighted by Crippen LogP contribution is -2.69. The highest BCUT2D eigenvalue weighted by atomic mass is 16.8. The van der Waals surface area contributed by atoms with Crippen LogP contribution in [0.15, 0.2) is 0 Å². The summed E-state index contributed by atoms with van der Waals surface area (Å²) in [5, 5.41) is 0. The van der Waals surface area contributed by atoms with Crippen LogP contribution in [0.4, 0.5) is 0 Å². The maximum atomic E-state index is 6.25. The molecule has 0 aliphatic carbocycles. The van der Waals surface area contributed by atoms with Gasteiger partial charge in [0.05, 0.1) is 25.4 Å². The molecule has 3 aliphatic rings. The highest BCUT2D eigenvalue weighted by molar-refractivity contribution is 4.97. The summed E-state index contributed by atoms with van der Waals surface area (Å²) in [5.74, 6) is -1.34. The van der Waals surface area contributed by atoms with E-state index in [9.17, 15) is 0 Å². The minimum atomic E-state index is -0.669. The van der Waals surface area contributed by atoms with E-state index in [1.54, 1.807) is 0 Å². The Balaban J connectivity index is 1.90. The molecule has 4 heteroatoms. The predicted molar refractivity (Wildman–Crippen MR) is 66.2 cm³/mol. The Bertz CT molecular complexity index is 262. The molecule has 3 fully saturated rings. The summed E-state index contributed by atoms with van der Waals surface area (Å²) in [5.41, 5.74) is 0. The largest absolute Gasteiger partial charge is 0.345 e. The summed E-state index contributed by atoms with van der Waals surface area (Å²) in [7, 11) is 0. The maximum absolute atomic E-state index is 6.25. The molecule has 0 aromatic heterocycles. The highest BCUT2D eigenvalue weighted by Crippen LogP contribution is 2.48. The average Bonchev–Trinajstić information content (AvgIpc) is 2.39. The normalized spacial score (nSPS) is 49.7. The third-order valence-corrected chi connectivity index (χ3v) is 4.46. The van der Waals surface area contributed by atoms with Gasteiger partial charge < -0.3 is 18.9 Å². The van der Waals surface area contributed by atoms with Gasteiger partial charge in [-0.2, -0.15) is 0 Å². The second-order valence-corrected chi connectivity index (χ2v) is 5.76. The van der Waals surface area contributed by atoms with Crippen molar-refractivity contribution >= 4 is 0 Å². The monoisotopic (exact) mass is 256 g/mol. The second kappa shape index (κ2) is 4.75. The Labute approximate surface area is 109 Å². The van der Waals surface area contributed by atoms with E-state index >= 15 is 0 Å². The smallest absolute Gasteiger partial charge is 0.224 e. The van der Waals surface area contributed by atoms with Crippen LogP contribution in [0.25, 0.3) is 0 Å². The molecular weight excluding hydrogens is 232 g/mol. The number of rotatable bonds is 0. The minimum absolute atomic E-state index is 0.0549. The predicted octanol–water partition coefficient (Wildman–Crippen LogP) is 2.60. The fraction of sp³-hybridized carbons (Fsp3) is 1.00. The first-order chi connectivity index (χ1) is 8.68. The summed E-state index contributed by atoms with van der Waals surface area (Å²) in [4.78, 5) is 0. The zero-order valence-corrected chi connectivity index (χ0v) is 11.4. The number of fused-ring (bicyclic) bond motifs is 1. The van der Waals surface area contributed by atoms with Crippen LogP contribution in [0.3, 0.4) is 0 Å². The van der Waals surface area contributed by atoms with E-state index in [-0.39, 0.29) is 12.2 Å². The Morgan fingerprint density at radius 1 is 0.722 bits per heavy atom. The van der Waals surface area contributed by atoms with Crippen LogP contribution >= 0.6 is 0 Å². The van der Waals surface area contributed by atoms with Crippen molar-refractivity contribution in [2.45, 2.75) is 76.2 Å². The van der Waals surface area contributed by atoms with E-state index in [1.165, 1.54) is 0 Å². The first kappa shape index (κ1) is 12.9. The lowest BCUT2D eigenvalue weighted by atomic mass is 9.88. The SMILES string of the molecule is CC1OC2(CCCCO2)[C@@]2(CCCCO2)O[C@H]1C. The molecule has 4 nitrogen and oxygen atoms in total. The second-order valence-electron chi connectivity index (χ2n) is 5.76. The van der Waals surface area contributed by atoms with E-state index in [0.717, 1.165) is 51.7 Å². The molecule has 2 spiro atoms. The Kier molecular flexibility index (Phi) is 3.39. The first-order valence-corrected chi connectivity index (χ1v) is 7.31. The molecule has 3 aliphatic heterocycles. The molecule has 0 amide bonds. The van der Waals surface area contributed by atoms with E-state index in [0.29, 0.717) is 0 Å². The molecule has 104 valence electrons. The van der Waals surface area contributed by atoms with Gasteiger partial charge in [0.25, 0.3) is 0 Å². The van der Waals surface area contributed by atoms with Crippen molar-refractivity contribution < 1.29 is 18.9 Å². The molecule has 3 saturated heterocycles. The van der Waals surface area contributed by atoms with Gasteiger partial charge in [-0.1, -0.05) is 0 Å². The van der Waals surface area contributed by atoms with Gasteiger partial charge in [0.15, 0.2) is 0 Å². The van der Waals surface area contributed by atoms with Gasteiger partial charge in [0, 0.05) is 12.8 Å². The van der Waals surface area contributed by atoms with Crippen LogP contribution in [-0.2, 0) is 18.9 Å². The molecule has 2 unspecified atom stereocenters. The summed E-state index contributed by atoms with van der Waals surface area (Å²) in [6.45, 7) is 5.60. The lowest BCUT2D eigenvalue weighted by Gasteiger charge is -2.57. The molecular formula is C14H24O4. The van der Waals surface area contributed by atoms with Gasteiger partial charge in [0.1, 0.15) is 0 Å². The van der Waals surface area contributed by atoms with Crippen molar-refractivity contribution in [2.75, 3.05) is 13.2 Å². The summed E-state index contributed by atoms with van der Waals surface area (Å²) >= 11 is 0. The average molecular weight is 256 g/mol. The molecule has 0 saturated carbocycles. The molecule has 3 heterocycles. The molecule has 0 aromatic rings. The number of hydrogen-bond donors (Lipinski definition) is 0. The Morgan fingerprint density at radius 3 is 1.50 bits per heavy atom. The lowest BCUT2D eigenvalue weighted by molar-refractivity contribution is -0.477. The standard InChI is InChI=1S/C14H24O4/c1-11-12(2)18-14(8-4-6-10-16-14)13(17-11)7-3-5-9-15-13/h11-12H,3-10H2,1-2H3/t11-,12?,13+,14?/m0/s1. The van der Waals surface area contributed by atoms with E-state index in [2.05, 4.69) is 13.8 Å². The van der Waals surface area contributed by atoms with Crippen molar-refractivity contribution in [1.82, 2.24) is 0 Å². The summed E-state index contributed by atoms with van der Waals surface area (Å²) in [6.07, 6.45) is 6.31. The molecule has 18 heavy (non-hydrogen) atoms. The molecule has 0 aromatic carbocycles. The molecule has 4 atom stereocenters. The van der Waals surface area contributed by atoms with Crippen LogP contribution < -0.4 is 0 Å². The Hall–Kier alpha value is -0.160. The van der Waals surface area contributed by atoms with Crippen molar-refractivity contribution in [3.63, 3.8) is 0 Å². The molecule has 0 radical (unpaired) electrons. The minimum Gasteiger partial charge on any atom is -0.345 e. The van der Waals surface area contributed by atoms with Crippen LogP contribution in [0, 0.1) is 0 Å². The summed E-state index contributed by atoms with van der Waals surface area (Å²) in [6, 6.07) is 0. The van der Waals surface area contributed by atoms with Crippen molar-refractivity contribution in [3.05, 3.63) is 0 Å². The van der Waals surface area contributed by atoms with Crippen molar-refractivity contribution in [3.8, 4) is 0 Å². The van der Waals surface area contributed by atoms with Crippen molar-refractivity contribution in [1.29, 1.82) is 0 Å². The van der Waals surface area contributed by atoms with E-state index in [1.807, 2.05) is 0 Å². The molecule has 0 bridgehead atoms. The van der Waals surface area contributed by atoms with Gasteiger partial charge in [-0.15, -0.1) is 0 Å². The topological polar surface area (TPSA) is 36.9 Å². The summed E-state index contributed by atoms with van der Waals surface area (Å²) < 4.78 is 24.6. The van der Waals surface area contributed by atoms with Crippen molar-refractivity contribution in [2.24, 2.45) is 0 Å². The van der Waals surface area contributed by atoms with Crippen LogP contribution in [0.2, 0.25) is 0 Å². The molecule has 0 N–H and O–H groups in total. The fourth-order valence-electron chi connectivity index (χ4n) is 3.30. The number of hydrogen-bond acceptors (Lipinski definition) is 4. The maximum Gasteiger partial charge on any atom is 0.224 e.